The Hall–Kier alpha value is -0.0400. The highest BCUT2D eigenvalue weighted by atomic mass is 15.1. The number of nitrogens with zero attached hydrogens (tertiary/aromatic N) is 1. The fraction of sp³-hybridized carbons (Fsp3) is 1.00. The minimum Gasteiger partial charge on any atom is -0.306 e. The molecule has 0 aromatic heterocycles. The van der Waals surface area contributed by atoms with E-state index in [-0.39, 0.29) is 0 Å². The molecule has 0 heterocycles. The van der Waals surface area contributed by atoms with E-state index in [0.29, 0.717) is 0 Å². The summed E-state index contributed by atoms with van der Waals surface area (Å²) in [5, 5.41) is 0. The quantitative estimate of drug-likeness (QED) is 0.0648. The van der Waals surface area contributed by atoms with Crippen molar-refractivity contribution in [2.75, 3.05) is 14.1 Å². The summed E-state index contributed by atoms with van der Waals surface area (Å²) in [6.07, 6.45) is 51.0. The fourth-order valence-electron chi connectivity index (χ4n) is 6.52. The first kappa shape index (κ1) is 45.1. The smallest absolute Gasteiger partial charge is 0.00891 e. The van der Waals surface area contributed by atoms with Crippen molar-refractivity contribution in [2.24, 2.45) is 0 Å². The highest BCUT2D eigenvalue weighted by molar-refractivity contribution is 4.67. The number of rotatable bonds is 35. The van der Waals surface area contributed by atoms with E-state index in [0.717, 1.165) is 6.04 Å². The number of hydrogen-bond donors (Lipinski definition) is 0. The molecule has 0 aliphatic rings. The van der Waals surface area contributed by atoms with Gasteiger partial charge >= 0.3 is 0 Å². The van der Waals surface area contributed by atoms with Gasteiger partial charge in [-0.3, -0.25) is 0 Å². The molecule has 1 nitrogen and oxygen atoms in total. The van der Waals surface area contributed by atoms with Gasteiger partial charge in [-0.2, -0.15) is 0 Å². The average molecular weight is 608 g/mol. The van der Waals surface area contributed by atoms with Gasteiger partial charge in [-0.25, -0.2) is 0 Å². The Balaban J connectivity index is 0. The van der Waals surface area contributed by atoms with E-state index in [4.69, 9.17) is 0 Å². The molecule has 0 atom stereocenters. The second kappa shape index (κ2) is 42.0. The van der Waals surface area contributed by atoms with Crippen LogP contribution in [0.1, 0.15) is 252 Å². The molecule has 0 aromatic rings. The van der Waals surface area contributed by atoms with Crippen LogP contribution in [-0.2, 0) is 0 Å². The SMILES string of the molecule is CCC.CCCCCCCCCCCCCCCCCCC(CCCCCCCCCCCCCCCCCC)N(C)C. The highest BCUT2D eigenvalue weighted by Crippen LogP contribution is 2.19. The Bertz CT molecular complexity index is 408. The molecule has 1 heteroatoms. The summed E-state index contributed by atoms with van der Waals surface area (Å²) in [5.41, 5.74) is 0. The van der Waals surface area contributed by atoms with Gasteiger partial charge in [-0.05, 0) is 26.9 Å². The van der Waals surface area contributed by atoms with Crippen LogP contribution in [0.4, 0.5) is 0 Å². The molecule has 0 aliphatic carbocycles. The molecule has 0 unspecified atom stereocenters. The predicted octanol–water partition coefficient (Wildman–Crippen LogP) is 15.6. The van der Waals surface area contributed by atoms with E-state index >= 15 is 0 Å². The van der Waals surface area contributed by atoms with E-state index in [9.17, 15) is 0 Å². The van der Waals surface area contributed by atoms with Gasteiger partial charge in [0, 0.05) is 6.04 Å². The summed E-state index contributed by atoms with van der Waals surface area (Å²) in [5.74, 6) is 0. The van der Waals surface area contributed by atoms with Crippen LogP contribution in [-0.4, -0.2) is 25.0 Å². The summed E-state index contributed by atoms with van der Waals surface area (Å²) >= 11 is 0. The zero-order valence-corrected chi connectivity index (χ0v) is 31.8. The Labute approximate surface area is 276 Å². The lowest BCUT2D eigenvalue weighted by atomic mass is 9.99. The van der Waals surface area contributed by atoms with E-state index < -0.39 is 0 Å². The average Bonchev–Trinajstić information content (AvgIpc) is 2.99. The van der Waals surface area contributed by atoms with E-state index in [1.165, 1.54) is 225 Å². The molecule has 0 aliphatic heterocycles. The van der Waals surface area contributed by atoms with Gasteiger partial charge in [0.15, 0.2) is 0 Å². The third-order valence-electron chi connectivity index (χ3n) is 9.51. The van der Waals surface area contributed by atoms with Crippen LogP contribution < -0.4 is 0 Å². The van der Waals surface area contributed by atoms with Crippen LogP contribution in [0, 0.1) is 0 Å². The minimum atomic E-state index is 0.818. The highest BCUT2D eigenvalue weighted by Gasteiger charge is 2.10. The Morgan fingerprint density at radius 1 is 0.279 bits per heavy atom. The van der Waals surface area contributed by atoms with Crippen molar-refractivity contribution in [1.82, 2.24) is 4.90 Å². The molecule has 262 valence electrons. The number of hydrogen-bond acceptors (Lipinski definition) is 1. The summed E-state index contributed by atoms with van der Waals surface area (Å²) in [7, 11) is 4.62. The van der Waals surface area contributed by atoms with Crippen LogP contribution in [0.25, 0.3) is 0 Å². The molecule has 0 radical (unpaired) electrons. The molecule has 0 saturated heterocycles. The normalized spacial score (nSPS) is 11.4. The zero-order valence-electron chi connectivity index (χ0n) is 31.8. The molecular weight excluding hydrogens is 518 g/mol. The second-order valence-corrected chi connectivity index (χ2v) is 14.5. The monoisotopic (exact) mass is 608 g/mol. The first-order valence-electron chi connectivity index (χ1n) is 20.8. The molecule has 0 spiro atoms. The molecule has 0 bridgehead atoms. The zero-order chi connectivity index (χ0) is 31.9. The largest absolute Gasteiger partial charge is 0.306 e. The minimum absolute atomic E-state index is 0.818. The third kappa shape index (κ3) is 42.0. The van der Waals surface area contributed by atoms with Gasteiger partial charge in [0.2, 0.25) is 0 Å². The standard InChI is InChI=1S/C39H81N.C3H8/c1-5-7-9-11-13-15-17-19-21-23-25-27-29-31-33-35-37-39(40(3)4)38-36-34-32-30-28-26-24-22-20-18-16-14-12-10-8-6-2;1-3-2/h39H,5-38H2,1-4H3;3H2,1-2H3. The topological polar surface area (TPSA) is 3.24 Å². The van der Waals surface area contributed by atoms with Crippen LogP contribution in [0.3, 0.4) is 0 Å². The van der Waals surface area contributed by atoms with Crippen molar-refractivity contribution < 1.29 is 0 Å². The molecule has 0 amide bonds. The van der Waals surface area contributed by atoms with Crippen molar-refractivity contribution >= 4 is 0 Å². The van der Waals surface area contributed by atoms with Gasteiger partial charge in [0.05, 0.1) is 0 Å². The van der Waals surface area contributed by atoms with Crippen LogP contribution in [0.5, 0.6) is 0 Å². The Morgan fingerprint density at radius 3 is 0.605 bits per heavy atom. The molecule has 0 fully saturated rings. The van der Waals surface area contributed by atoms with Crippen molar-refractivity contribution in [3.8, 4) is 0 Å². The van der Waals surface area contributed by atoms with Crippen LogP contribution in [0.15, 0.2) is 0 Å². The van der Waals surface area contributed by atoms with Crippen molar-refractivity contribution in [2.45, 2.75) is 258 Å². The lowest BCUT2D eigenvalue weighted by molar-refractivity contribution is 0.251. The van der Waals surface area contributed by atoms with E-state index in [1.807, 2.05) is 0 Å². The van der Waals surface area contributed by atoms with E-state index in [1.54, 1.807) is 0 Å². The van der Waals surface area contributed by atoms with Gasteiger partial charge < -0.3 is 4.90 Å². The number of unbranched alkanes of at least 4 members (excludes halogenated alkanes) is 30. The third-order valence-corrected chi connectivity index (χ3v) is 9.51. The van der Waals surface area contributed by atoms with Crippen molar-refractivity contribution in [3.05, 3.63) is 0 Å². The van der Waals surface area contributed by atoms with Gasteiger partial charge in [-0.15, -0.1) is 0 Å². The summed E-state index contributed by atoms with van der Waals surface area (Å²) in [4.78, 5) is 2.51. The summed E-state index contributed by atoms with van der Waals surface area (Å²) < 4.78 is 0. The fourth-order valence-corrected chi connectivity index (χ4v) is 6.52. The molecule has 0 aromatic carbocycles. The maximum absolute atomic E-state index is 2.51. The molecule has 0 saturated carbocycles. The van der Waals surface area contributed by atoms with Gasteiger partial charge in [0.1, 0.15) is 0 Å². The molecule has 0 rings (SSSR count). The Kier molecular flexibility index (Phi) is 44.0. The predicted molar refractivity (Wildman–Crippen MR) is 202 cm³/mol. The lowest BCUT2D eigenvalue weighted by Crippen LogP contribution is -2.27. The summed E-state index contributed by atoms with van der Waals surface area (Å²) in [6.45, 7) is 8.87. The van der Waals surface area contributed by atoms with Crippen LogP contribution in [0.2, 0.25) is 0 Å². The lowest BCUT2D eigenvalue weighted by Gasteiger charge is -2.24. The maximum atomic E-state index is 2.51. The van der Waals surface area contributed by atoms with E-state index in [2.05, 4.69) is 46.7 Å². The summed E-state index contributed by atoms with van der Waals surface area (Å²) in [6, 6.07) is 0.818. The van der Waals surface area contributed by atoms with Crippen molar-refractivity contribution in [3.63, 3.8) is 0 Å². The maximum Gasteiger partial charge on any atom is 0.00891 e. The van der Waals surface area contributed by atoms with Crippen molar-refractivity contribution in [1.29, 1.82) is 0 Å². The first-order chi connectivity index (χ1) is 21.1. The van der Waals surface area contributed by atoms with Gasteiger partial charge in [0.25, 0.3) is 0 Å². The van der Waals surface area contributed by atoms with Crippen LogP contribution >= 0.6 is 0 Å². The van der Waals surface area contributed by atoms with Gasteiger partial charge in [-0.1, -0.05) is 240 Å². The second-order valence-electron chi connectivity index (χ2n) is 14.5. The molecular formula is C42H89N. The molecule has 0 N–H and O–H groups in total. The first-order valence-corrected chi connectivity index (χ1v) is 20.8. The molecule has 43 heavy (non-hydrogen) atoms. The Morgan fingerprint density at radius 2 is 0.442 bits per heavy atom.